The quantitative estimate of drug-likeness (QED) is 0.140. The van der Waals surface area contributed by atoms with Crippen molar-refractivity contribution in [2.45, 2.75) is 97.0 Å². The summed E-state index contributed by atoms with van der Waals surface area (Å²) in [6.07, 6.45) is 0. The van der Waals surface area contributed by atoms with Gasteiger partial charge >= 0.3 is 19.5 Å². The van der Waals surface area contributed by atoms with Gasteiger partial charge in [0.15, 0.2) is 0 Å². The standard InChI is InChI=1S/C29H37N2O2S.C9H11.Ru/c1-19(2)24-17-25(20(3)4)29(26(18-24)21(5)6)34(32,33)31-28(23-15-11-8-12-16-23)27(30)22-13-9-7-10-14-22;1-7-4-8(2)6-9(3)5-7;/h7-21,27-28H,30H2,1-6H3;4-5H,1-3H3;/q2*-1;+2. The van der Waals surface area contributed by atoms with E-state index in [0.717, 1.165) is 27.8 Å². The summed E-state index contributed by atoms with van der Waals surface area (Å²) in [5.74, 6) is 0.371. The van der Waals surface area contributed by atoms with E-state index in [2.05, 4.69) is 57.5 Å². The third-order valence-corrected chi connectivity index (χ3v) is 9.03. The summed E-state index contributed by atoms with van der Waals surface area (Å²) in [6.45, 7) is 18.6. The molecule has 4 nitrogen and oxygen atoms in total. The third kappa shape index (κ3) is 9.94. The Kier molecular flexibility index (Phi) is 14.2. The van der Waals surface area contributed by atoms with E-state index in [4.69, 9.17) is 5.73 Å². The molecule has 0 fully saturated rings. The molecule has 4 aromatic carbocycles. The van der Waals surface area contributed by atoms with Gasteiger partial charge in [-0.3, -0.25) is 0 Å². The van der Waals surface area contributed by atoms with Crippen LogP contribution in [0.5, 0.6) is 0 Å². The van der Waals surface area contributed by atoms with E-state index in [1.165, 1.54) is 16.7 Å². The number of benzene rings is 4. The van der Waals surface area contributed by atoms with Crippen molar-refractivity contribution in [3.63, 3.8) is 0 Å². The average molecular weight is 698 g/mol. The molecule has 4 aromatic rings. The second-order valence-corrected chi connectivity index (χ2v) is 14.0. The van der Waals surface area contributed by atoms with Crippen LogP contribution in [0.4, 0.5) is 0 Å². The van der Waals surface area contributed by atoms with E-state index in [1.807, 2.05) is 100 Å². The zero-order valence-electron chi connectivity index (χ0n) is 27.6. The first kappa shape index (κ1) is 37.6. The van der Waals surface area contributed by atoms with E-state index in [9.17, 15) is 8.42 Å². The molecule has 44 heavy (non-hydrogen) atoms. The van der Waals surface area contributed by atoms with Gasteiger partial charge in [0, 0.05) is 6.04 Å². The van der Waals surface area contributed by atoms with Gasteiger partial charge in [0.2, 0.25) is 0 Å². The molecular formula is C38H48N2O2RuS. The number of sulfonamides is 1. The molecular weight excluding hydrogens is 650 g/mol. The van der Waals surface area contributed by atoms with Crippen LogP contribution in [-0.2, 0) is 29.5 Å². The number of hydrogen-bond acceptors (Lipinski definition) is 3. The maximum Gasteiger partial charge on any atom is 2.00 e. The molecule has 0 aliphatic rings. The number of aryl methyl sites for hydroxylation is 3. The molecule has 0 bridgehead atoms. The Morgan fingerprint density at radius 3 is 1.45 bits per heavy atom. The van der Waals surface area contributed by atoms with Crippen LogP contribution in [0.25, 0.3) is 4.72 Å². The number of nitrogens with two attached hydrogens (primary N) is 1. The fraction of sp³-hybridized carbons (Fsp3) is 0.368. The molecule has 0 saturated carbocycles. The molecule has 2 atom stereocenters. The van der Waals surface area contributed by atoms with Crippen LogP contribution < -0.4 is 5.73 Å². The Balaban J connectivity index is 0.000000579. The van der Waals surface area contributed by atoms with Gasteiger partial charge in [-0.05, 0) is 40.0 Å². The maximum atomic E-state index is 14.1. The number of rotatable bonds is 9. The predicted octanol–water partition coefficient (Wildman–Crippen LogP) is 9.97. The molecule has 2 unspecified atom stereocenters. The van der Waals surface area contributed by atoms with Gasteiger partial charge in [-0.1, -0.05) is 147 Å². The minimum Gasteiger partial charge on any atom is -0.537 e. The maximum absolute atomic E-state index is 14.1. The smallest absolute Gasteiger partial charge is 0.537 e. The SMILES string of the molecule is CC(C)c1cc(C(C)C)c(S(=O)(=O)[N-]C(c2ccccc2)C(N)c2ccccc2)c(C(C)C)c1.Cc1[c-]c(C)cc(C)c1.[Ru+2]. The second-order valence-electron chi connectivity index (χ2n) is 12.4. The molecule has 2 N–H and O–H groups in total. The van der Waals surface area contributed by atoms with Crippen molar-refractivity contribution in [2.24, 2.45) is 5.73 Å². The fourth-order valence-corrected chi connectivity index (χ4v) is 7.18. The molecule has 6 heteroatoms. The first-order valence-corrected chi connectivity index (χ1v) is 16.6. The fourth-order valence-electron chi connectivity index (χ4n) is 5.34. The van der Waals surface area contributed by atoms with E-state index in [0.29, 0.717) is 10.8 Å². The zero-order chi connectivity index (χ0) is 31.9. The van der Waals surface area contributed by atoms with Crippen molar-refractivity contribution in [3.8, 4) is 0 Å². The Labute approximate surface area is 279 Å². The van der Waals surface area contributed by atoms with Gasteiger partial charge < -0.3 is 10.5 Å². The Morgan fingerprint density at radius 1 is 0.636 bits per heavy atom. The van der Waals surface area contributed by atoms with Gasteiger partial charge in [0.25, 0.3) is 0 Å². The van der Waals surface area contributed by atoms with Crippen LogP contribution in [0, 0.1) is 26.8 Å². The largest absolute Gasteiger partial charge is 2.00 e. The van der Waals surface area contributed by atoms with Crippen LogP contribution >= 0.6 is 0 Å². The molecule has 0 aliphatic carbocycles. The summed E-state index contributed by atoms with van der Waals surface area (Å²) in [5.41, 5.74) is 14.8. The van der Waals surface area contributed by atoms with Crippen LogP contribution in [0.3, 0.4) is 0 Å². The molecule has 4 rings (SSSR count). The van der Waals surface area contributed by atoms with Crippen LogP contribution in [0.2, 0.25) is 0 Å². The molecule has 0 heterocycles. The van der Waals surface area contributed by atoms with E-state index < -0.39 is 22.1 Å². The van der Waals surface area contributed by atoms with E-state index in [-0.39, 0.29) is 31.3 Å². The zero-order valence-corrected chi connectivity index (χ0v) is 30.1. The monoisotopic (exact) mass is 698 g/mol. The minimum absolute atomic E-state index is 0. The molecule has 0 radical (unpaired) electrons. The van der Waals surface area contributed by atoms with E-state index >= 15 is 0 Å². The minimum atomic E-state index is -4.01. The van der Waals surface area contributed by atoms with Crippen molar-refractivity contribution >= 4 is 10.0 Å². The summed E-state index contributed by atoms with van der Waals surface area (Å²) in [4.78, 5) is 0.336. The topological polar surface area (TPSA) is 74.3 Å². The van der Waals surface area contributed by atoms with Crippen molar-refractivity contribution in [2.75, 3.05) is 0 Å². The van der Waals surface area contributed by atoms with Crippen LogP contribution in [0.1, 0.15) is 116 Å². The first-order valence-electron chi connectivity index (χ1n) is 15.2. The second kappa shape index (κ2) is 16.6. The van der Waals surface area contributed by atoms with Gasteiger partial charge in [-0.25, -0.2) is 8.42 Å². The summed E-state index contributed by atoms with van der Waals surface area (Å²) in [7, 11) is -4.01. The summed E-state index contributed by atoms with van der Waals surface area (Å²) in [5, 5.41) is 0. The number of hydrogen-bond donors (Lipinski definition) is 1. The Hall–Kier alpha value is -2.63. The molecule has 0 spiro atoms. The van der Waals surface area contributed by atoms with Gasteiger partial charge in [-0.15, -0.1) is 0 Å². The summed E-state index contributed by atoms with van der Waals surface area (Å²) < 4.78 is 32.7. The molecule has 0 saturated heterocycles. The van der Waals surface area contributed by atoms with Crippen LogP contribution in [-0.4, -0.2) is 8.42 Å². The molecule has 0 aromatic heterocycles. The van der Waals surface area contributed by atoms with Crippen molar-refractivity contribution in [3.05, 3.63) is 140 Å². The Morgan fingerprint density at radius 2 is 1.07 bits per heavy atom. The molecule has 0 amide bonds. The van der Waals surface area contributed by atoms with Gasteiger partial charge in [0.1, 0.15) is 10.0 Å². The molecule has 0 aliphatic heterocycles. The van der Waals surface area contributed by atoms with Gasteiger partial charge in [0.05, 0.1) is 4.90 Å². The Bertz CT molecular complexity index is 1500. The van der Waals surface area contributed by atoms with Gasteiger partial charge in [-0.2, -0.15) is 34.9 Å². The van der Waals surface area contributed by atoms with Crippen molar-refractivity contribution in [1.82, 2.24) is 0 Å². The first-order chi connectivity index (χ1) is 20.2. The summed E-state index contributed by atoms with van der Waals surface area (Å²) in [6, 6.07) is 29.2. The number of nitrogens with zero attached hydrogens (tertiary/aromatic N) is 1. The van der Waals surface area contributed by atoms with Crippen molar-refractivity contribution < 1.29 is 27.9 Å². The third-order valence-electron chi connectivity index (χ3n) is 7.54. The van der Waals surface area contributed by atoms with Crippen molar-refractivity contribution in [1.29, 1.82) is 0 Å². The normalized spacial score (nSPS) is 12.8. The molecule has 236 valence electrons. The predicted molar refractivity (Wildman–Crippen MR) is 181 cm³/mol. The van der Waals surface area contributed by atoms with E-state index in [1.54, 1.807) is 0 Å². The summed E-state index contributed by atoms with van der Waals surface area (Å²) >= 11 is 0. The average Bonchev–Trinajstić information content (AvgIpc) is 2.95. The van der Waals surface area contributed by atoms with Crippen LogP contribution in [0.15, 0.2) is 89.8 Å².